The standard InChI is InChI=1S/C8H16FN/c1-4-10-5-8(9)6(2)7(10)3/h6-8H,4-5H2,1-3H3/t6-,7?,8-/m0/s1. The predicted octanol–water partition coefficient (Wildman–Crippen LogP) is 1.68. The highest BCUT2D eigenvalue weighted by Gasteiger charge is 2.34. The number of rotatable bonds is 1. The molecular weight excluding hydrogens is 129 g/mol. The molecule has 0 spiro atoms. The summed E-state index contributed by atoms with van der Waals surface area (Å²) in [5, 5.41) is 0. The Balaban J connectivity index is 2.53. The Labute approximate surface area is 62.2 Å². The van der Waals surface area contributed by atoms with Crippen molar-refractivity contribution in [2.24, 2.45) is 5.92 Å². The first kappa shape index (κ1) is 7.99. The molecule has 0 amide bonds. The largest absolute Gasteiger partial charge is 0.298 e. The summed E-state index contributed by atoms with van der Waals surface area (Å²) in [4.78, 5) is 2.19. The SMILES string of the molecule is CCN1C[C@H](F)[C@@H](C)C1C. The molecule has 60 valence electrons. The van der Waals surface area contributed by atoms with Crippen molar-refractivity contribution in [2.45, 2.75) is 33.0 Å². The van der Waals surface area contributed by atoms with Crippen LogP contribution >= 0.6 is 0 Å². The topological polar surface area (TPSA) is 3.24 Å². The van der Waals surface area contributed by atoms with E-state index in [1.807, 2.05) is 6.92 Å². The van der Waals surface area contributed by atoms with E-state index >= 15 is 0 Å². The minimum Gasteiger partial charge on any atom is -0.298 e. The first-order valence-electron chi connectivity index (χ1n) is 4.05. The molecule has 0 N–H and O–H groups in total. The quantitative estimate of drug-likeness (QED) is 0.542. The van der Waals surface area contributed by atoms with Gasteiger partial charge in [0.25, 0.3) is 0 Å². The van der Waals surface area contributed by atoms with Gasteiger partial charge in [-0.2, -0.15) is 0 Å². The second-order valence-corrected chi connectivity index (χ2v) is 3.20. The van der Waals surface area contributed by atoms with Gasteiger partial charge in [-0.05, 0) is 13.5 Å². The molecule has 2 heteroatoms. The van der Waals surface area contributed by atoms with Crippen molar-refractivity contribution in [3.63, 3.8) is 0 Å². The summed E-state index contributed by atoms with van der Waals surface area (Å²) in [6, 6.07) is 0.431. The van der Waals surface area contributed by atoms with E-state index in [0.29, 0.717) is 12.6 Å². The zero-order valence-corrected chi connectivity index (χ0v) is 6.97. The summed E-state index contributed by atoms with van der Waals surface area (Å²) in [5.74, 6) is 0.222. The Morgan fingerprint density at radius 2 is 2.10 bits per heavy atom. The number of hydrogen-bond acceptors (Lipinski definition) is 1. The van der Waals surface area contributed by atoms with Crippen LogP contribution in [0.2, 0.25) is 0 Å². The lowest BCUT2D eigenvalue weighted by molar-refractivity contribution is 0.260. The van der Waals surface area contributed by atoms with Crippen molar-refractivity contribution in [3.05, 3.63) is 0 Å². The highest BCUT2D eigenvalue weighted by molar-refractivity contribution is 4.87. The normalized spacial score (nSPS) is 42.6. The number of nitrogens with zero attached hydrogens (tertiary/aromatic N) is 1. The van der Waals surface area contributed by atoms with Gasteiger partial charge in [-0.1, -0.05) is 13.8 Å². The predicted molar refractivity (Wildman–Crippen MR) is 40.8 cm³/mol. The molecule has 0 aromatic carbocycles. The zero-order chi connectivity index (χ0) is 7.72. The first-order valence-corrected chi connectivity index (χ1v) is 4.05. The van der Waals surface area contributed by atoms with Crippen molar-refractivity contribution < 1.29 is 4.39 Å². The van der Waals surface area contributed by atoms with E-state index in [-0.39, 0.29) is 5.92 Å². The van der Waals surface area contributed by atoms with Crippen molar-refractivity contribution >= 4 is 0 Å². The lowest BCUT2D eigenvalue weighted by Crippen LogP contribution is -2.28. The molecule has 1 unspecified atom stereocenters. The maximum absolute atomic E-state index is 13.0. The van der Waals surface area contributed by atoms with Crippen LogP contribution in [0.1, 0.15) is 20.8 Å². The van der Waals surface area contributed by atoms with Gasteiger partial charge in [0.1, 0.15) is 6.17 Å². The molecule has 0 aliphatic carbocycles. The summed E-state index contributed by atoms with van der Waals surface area (Å²) < 4.78 is 13.0. The van der Waals surface area contributed by atoms with E-state index in [4.69, 9.17) is 0 Å². The second-order valence-electron chi connectivity index (χ2n) is 3.20. The summed E-state index contributed by atoms with van der Waals surface area (Å²) >= 11 is 0. The van der Waals surface area contributed by atoms with Gasteiger partial charge in [-0.15, -0.1) is 0 Å². The highest BCUT2D eigenvalue weighted by Crippen LogP contribution is 2.25. The van der Waals surface area contributed by atoms with Gasteiger partial charge in [-0.25, -0.2) is 4.39 Å². The summed E-state index contributed by atoms with van der Waals surface area (Å²) in [7, 11) is 0. The van der Waals surface area contributed by atoms with Gasteiger partial charge in [0, 0.05) is 18.5 Å². The van der Waals surface area contributed by atoms with Crippen LogP contribution in [-0.2, 0) is 0 Å². The third kappa shape index (κ3) is 1.17. The molecule has 1 heterocycles. The zero-order valence-electron chi connectivity index (χ0n) is 6.97. The summed E-state index contributed by atoms with van der Waals surface area (Å²) in [6.07, 6.45) is -0.602. The van der Waals surface area contributed by atoms with E-state index in [2.05, 4.69) is 18.7 Å². The lowest BCUT2D eigenvalue weighted by atomic mass is 10.0. The van der Waals surface area contributed by atoms with Crippen LogP contribution in [0.15, 0.2) is 0 Å². The molecule has 0 radical (unpaired) electrons. The smallest absolute Gasteiger partial charge is 0.117 e. The van der Waals surface area contributed by atoms with E-state index < -0.39 is 6.17 Å². The van der Waals surface area contributed by atoms with Gasteiger partial charge in [0.05, 0.1) is 0 Å². The summed E-state index contributed by atoms with van der Waals surface area (Å²) in [5.41, 5.74) is 0. The van der Waals surface area contributed by atoms with Crippen LogP contribution < -0.4 is 0 Å². The molecule has 1 saturated heterocycles. The number of alkyl halides is 1. The Bertz CT molecular complexity index is 116. The first-order chi connectivity index (χ1) is 4.66. The minimum absolute atomic E-state index is 0.222. The van der Waals surface area contributed by atoms with Crippen LogP contribution in [0.25, 0.3) is 0 Å². The van der Waals surface area contributed by atoms with Crippen LogP contribution in [-0.4, -0.2) is 30.2 Å². The van der Waals surface area contributed by atoms with Gasteiger partial charge < -0.3 is 0 Å². The van der Waals surface area contributed by atoms with Crippen molar-refractivity contribution in [1.82, 2.24) is 4.90 Å². The molecule has 1 rings (SSSR count). The fourth-order valence-corrected chi connectivity index (χ4v) is 1.61. The minimum atomic E-state index is -0.602. The van der Waals surface area contributed by atoms with Crippen molar-refractivity contribution in [3.8, 4) is 0 Å². The number of likely N-dealkylation sites (tertiary alicyclic amines) is 1. The average molecular weight is 145 g/mol. The Kier molecular flexibility index (Phi) is 2.29. The maximum atomic E-state index is 13.0. The monoisotopic (exact) mass is 145 g/mol. The van der Waals surface area contributed by atoms with Crippen LogP contribution in [0.4, 0.5) is 4.39 Å². The van der Waals surface area contributed by atoms with Crippen molar-refractivity contribution in [2.75, 3.05) is 13.1 Å². The molecule has 1 aliphatic rings. The Morgan fingerprint density at radius 1 is 1.50 bits per heavy atom. The molecule has 1 nitrogen and oxygen atoms in total. The van der Waals surface area contributed by atoms with E-state index in [1.165, 1.54) is 0 Å². The van der Waals surface area contributed by atoms with E-state index in [9.17, 15) is 4.39 Å². The molecule has 10 heavy (non-hydrogen) atoms. The fourth-order valence-electron chi connectivity index (χ4n) is 1.61. The average Bonchev–Trinajstić information content (AvgIpc) is 2.17. The number of hydrogen-bond donors (Lipinski definition) is 0. The third-order valence-electron chi connectivity index (χ3n) is 2.72. The molecular formula is C8H16FN. The van der Waals surface area contributed by atoms with Crippen LogP contribution in [0.5, 0.6) is 0 Å². The fraction of sp³-hybridized carbons (Fsp3) is 1.00. The summed E-state index contributed by atoms with van der Waals surface area (Å²) in [6.45, 7) is 7.80. The Morgan fingerprint density at radius 3 is 2.30 bits per heavy atom. The van der Waals surface area contributed by atoms with Gasteiger partial charge in [0.15, 0.2) is 0 Å². The van der Waals surface area contributed by atoms with Gasteiger partial charge in [0.2, 0.25) is 0 Å². The molecule has 3 atom stereocenters. The maximum Gasteiger partial charge on any atom is 0.117 e. The molecule has 0 bridgehead atoms. The van der Waals surface area contributed by atoms with E-state index in [1.54, 1.807) is 0 Å². The molecule has 0 aromatic rings. The van der Waals surface area contributed by atoms with Crippen molar-refractivity contribution in [1.29, 1.82) is 0 Å². The van der Waals surface area contributed by atoms with E-state index in [0.717, 1.165) is 6.54 Å². The van der Waals surface area contributed by atoms with Gasteiger partial charge >= 0.3 is 0 Å². The van der Waals surface area contributed by atoms with Crippen LogP contribution in [0.3, 0.4) is 0 Å². The lowest BCUT2D eigenvalue weighted by Gasteiger charge is -2.19. The molecule has 1 fully saturated rings. The second kappa shape index (κ2) is 2.87. The number of halogens is 1. The highest BCUT2D eigenvalue weighted by atomic mass is 19.1. The molecule has 0 saturated carbocycles. The molecule has 1 aliphatic heterocycles. The van der Waals surface area contributed by atoms with Gasteiger partial charge in [-0.3, -0.25) is 4.90 Å². The molecule has 0 aromatic heterocycles. The van der Waals surface area contributed by atoms with Crippen LogP contribution in [0, 0.1) is 5.92 Å². The Hall–Kier alpha value is -0.110. The third-order valence-corrected chi connectivity index (χ3v) is 2.72.